The van der Waals surface area contributed by atoms with Crippen LogP contribution in [0.1, 0.15) is 6.42 Å². The summed E-state index contributed by atoms with van der Waals surface area (Å²) in [6.07, 6.45) is 2.64. The van der Waals surface area contributed by atoms with Gasteiger partial charge in [-0.25, -0.2) is 9.67 Å². The lowest BCUT2D eigenvalue weighted by Gasteiger charge is -2.34. The van der Waals surface area contributed by atoms with Crippen LogP contribution in [0.25, 0.3) is 10.9 Å². The topological polar surface area (TPSA) is 72.3 Å². The Labute approximate surface area is 167 Å². The van der Waals surface area contributed by atoms with Gasteiger partial charge in [-0.3, -0.25) is 4.79 Å². The van der Waals surface area contributed by atoms with Gasteiger partial charge in [-0.2, -0.15) is 5.10 Å². The van der Waals surface area contributed by atoms with Crippen molar-refractivity contribution in [3.63, 3.8) is 0 Å². The van der Waals surface area contributed by atoms with E-state index in [0.29, 0.717) is 11.6 Å². The van der Waals surface area contributed by atoms with Gasteiger partial charge < -0.3 is 15.0 Å². The first-order chi connectivity index (χ1) is 13.6. The number of benzene rings is 1. The van der Waals surface area contributed by atoms with Gasteiger partial charge in [-0.15, -0.1) is 0 Å². The zero-order valence-corrected chi connectivity index (χ0v) is 16.4. The first kappa shape index (κ1) is 18.7. The van der Waals surface area contributed by atoms with Gasteiger partial charge in [0, 0.05) is 38.1 Å². The van der Waals surface area contributed by atoms with Gasteiger partial charge in [-0.1, -0.05) is 23.7 Å². The molecule has 1 aliphatic heterocycles. The lowest BCUT2D eigenvalue weighted by Crippen LogP contribution is -2.43. The highest BCUT2D eigenvalue weighted by molar-refractivity contribution is 6.35. The van der Waals surface area contributed by atoms with E-state index in [1.807, 2.05) is 30.3 Å². The van der Waals surface area contributed by atoms with Gasteiger partial charge in [0.15, 0.2) is 0 Å². The number of halogens is 1. The van der Waals surface area contributed by atoms with Crippen LogP contribution in [-0.4, -0.2) is 47.1 Å². The number of anilines is 2. The van der Waals surface area contributed by atoms with E-state index >= 15 is 0 Å². The fourth-order valence-corrected chi connectivity index (χ4v) is 3.56. The zero-order valence-electron chi connectivity index (χ0n) is 15.6. The summed E-state index contributed by atoms with van der Waals surface area (Å²) in [4.78, 5) is 18.6. The zero-order chi connectivity index (χ0) is 19.5. The third kappa shape index (κ3) is 4.10. The molecule has 28 heavy (non-hydrogen) atoms. The molecule has 0 bridgehead atoms. The maximum atomic E-state index is 11.8. The molecule has 0 amide bonds. The number of aryl methyl sites for hydroxylation is 1. The van der Waals surface area contributed by atoms with Crippen molar-refractivity contribution in [3.8, 4) is 0 Å². The number of nitrogens with zero attached hydrogens (tertiary/aromatic N) is 4. The van der Waals surface area contributed by atoms with Crippen LogP contribution >= 0.6 is 11.6 Å². The molecule has 1 saturated heterocycles. The lowest BCUT2D eigenvalue weighted by atomic mass is 10.2. The molecule has 3 aromatic rings. The standard InChI is InChI=1S/C20H22ClN5O2/c1-25-19(27)11-15(12-23-25)26-9-10-28-16(13-26)7-8-22-18-6-5-14-3-2-4-17(21)20(14)24-18/h2-6,11-12,16H,7-10,13H2,1H3,(H,22,24)/t16-/m1/s1. The van der Waals surface area contributed by atoms with E-state index in [1.165, 1.54) is 4.68 Å². The summed E-state index contributed by atoms with van der Waals surface area (Å²) < 4.78 is 7.21. The summed E-state index contributed by atoms with van der Waals surface area (Å²) >= 11 is 6.24. The van der Waals surface area contributed by atoms with Crippen molar-refractivity contribution < 1.29 is 4.74 Å². The Morgan fingerprint density at radius 1 is 1.32 bits per heavy atom. The first-order valence-corrected chi connectivity index (χ1v) is 9.67. The molecule has 1 N–H and O–H groups in total. The second kappa shape index (κ2) is 8.16. The molecule has 1 aliphatic rings. The maximum Gasteiger partial charge on any atom is 0.268 e. The van der Waals surface area contributed by atoms with E-state index in [-0.39, 0.29) is 11.7 Å². The molecule has 146 valence electrons. The van der Waals surface area contributed by atoms with Crippen LogP contribution in [0.15, 0.2) is 47.4 Å². The van der Waals surface area contributed by atoms with Gasteiger partial charge in [0.2, 0.25) is 0 Å². The van der Waals surface area contributed by atoms with Crippen molar-refractivity contribution in [1.82, 2.24) is 14.8 Å². The van der Waals surface area contributed by atoms with Crippen LogP contribution in [0.4, 0.5) is 11.5 Å². The van der Waals surface area contributed by atoms with E-state index in [1.54, 1.807) is 19.3 Å². The van der Waals surface area contributed by atoms with Crippen LogP contribution in [-0.2, 0) is 11.8 Å². The van der Waals surface area contributed by atoms with Crippen LogP contribution in [0, 0.1) is 0 Å². The minimum absolute atomic E-state index is 0.0781. The van der Waals surface area contributed by atoms with Gasteiger partial charge in [0.1, 0.15) is 5.82 Å². The Bertz CT molecular complexity index is 1040. The number of hydrogen-bond acceptors (Lipinski definition) is 6. The van der Waals surface area contributed by atoms with Crippen LogP contribution < -0.4 is 15.8 Å². The molecule has 0 aliphatic carbocycles. The Morgan fingerprint density at radius 2 is 2.21 bits per heavy atom. The highest BCUT2D eigenvalue weighted by Crippen LogP contribution is 2.23. The summed E-state index contributed by atoms with van der Waals surface area (Å²) in [5, 5.41) is 9.12. The van der Waals surface area contributed by atoms with Crippen molar-refractivity contribution in [2.75, 3.05) is 36.5 Å². The van der Waals surface area contributed by atoms with Crippen molar-refractivity contribution in [2.45, 2.75) is 12.5 Å². The van der Waals surface area contributed by atoms with Gasteiger partial charge >= 0.3 is 0 Å². The number of ether oxygens (including phenoxy) is 1. The highest BCUT2D eigenvalue weighted by Gasteiger charge is 2.21. The number of nitrogens with one attached hydrogen (secondary N) is 1. The minimum Gasteiger partial charge on any atom is -0.374 e. The Hall–Kier alpha value is -2.64. The quantitative estimate of drug-likeness (QED) is 0.711. The fraction of sp³-hybridized carbons (Fsp3) is 0.350. The molecular formula is C20H22ClN5O2. The van der Waals surface area contributed by atoms with Crippen molar-refractivity contribution in [2.24, 2.45) is 7.05 Å². The predicted molar refractivity (Wildman–Crippen MR) is 111 cm³/mol. The number of pyridine rings is 1. The molecule has 8 heteroatoms. The maximum absolute atomic E-state index is 11.8. The second-order valence-corrected chi connectivity index (χ2v) is 7.25. The molecule has 4 rings (SSSR count). The summed E-state index contributed by atoms with van der Waals surface area (Å²) in [7, 11) is 1.65. The van der Waals surface area contributed by atoms with Crippen LogP contribution in [0.5, 0.6) is 0 Å². The van der Waals surface area contributed by atoms with E-state index in [4.69, 9.17) is 16.3 Å². The normalized spacial score (nSPS) is 17.1. The molecule has 2 aromatic heterocycles. The molecular weight excluding hydrogens is 378 g/mol. The van der Waals surface area contributed by atoms with E-state index in [9.17, 15) is 4.79 Å². The van der Waals surface area contributed by atoms with E-state index in [0.717, 1.165) is 48.5 Å². The fourth-order valence-electron chi connectivity index (χ4n) is 3.33. The monoisotopic (exact) mass is 399 g/mol. The lowest BCUT2D eigenvalue weighted by molar-refractivity contribution is 0.0374. The molecule has 1 atom stereocenters. The largest absolute Gasteiger partial charge is 0.374 e. The smallest absolute Gasteiger partial charge is 0.268 e. The van der Waals surface area contributed by atoms with Crippen molar-refractivity contribution in [1.29, 1.82) is 0 Å². The summed E-state index contributed by atoms with van der Waals surface area (Å²) in [6.45, 7) is 2.84. The molecule has 1 fully saturated rings. The minimum atomic E-state index is -0.108. The molecule has 0 spiro atoms. The number of para-hydroxylation sites is 1. The number of fused-ring (bicyclic) bond motifs is 1. The highest BCUT2D eigenvalue weighted by atomic mass is 35.5. The Kier molecular flexibility index (Phi) is 5.45. The Morgan fingerprint density at radius 3 is 3.07 bits per heavy atom. The van der Waals surface area contributed by atoms with Crippen molar-refractivity contribution >= 4 is 34.0 Å². The number of aromatic nitrogens is 3. The molecule has 0 saturated carbocycles. The second-order valence-electron chi connectivity index (χ2n) is 6.84. The van der Waals surface area contributed by atoms with Crippen LogP contribution in [0.3, 0.4) is 0 Å². The third-order valence-corrected chi connectivity index (χ3v) is 5.21. The summed E-state index contributed by atoms with van der Waals surface area (Å²) in [5.41, 5.74) is 1.53. The average Bonchev–Trinajstić information content (AvgIpc) is 2.71. The van der Waals surface area contributed by atoms with Gasteiger partial charge in [0.25, 0.3) is 5.56 Å². The summed E-state index contributed by atoms with van der Waals surface area (Å²) in [6, 6.07) is 11.3. The van der Waals surface area contributed by atoms with Crippen LogP contribution in [0.2, 0.25) is 5.02 Å². The molecule has 0 radical (unpaired) electrons. The Balaban J connectivity index is 1.35. The number of rotatable bonds is 5. The third-order valence-electron chi connectivity index (χ3n) is 4.90. The molecule has 7 nitrogen and oxygen atoms in total. The summed E-state index contributed by atoms with van der Waals surface area (Å²) in [5.74, 6) is 0.795. The predicted octanol–water partition coefficient (Wildman–Crippen LogP) is 2.69. The molecule has 0 unspecified atom stereocenters. The van der Waals surface area contributed by atoms with Crippen molar-refractivity contribution in [3.05, 3.63) is 58.0 Å². The van der Waals surface area contributed by atoms with E-state index < -0.39 is 0 Å². The number of hydrogen-bond donors (Lipinski definition) is 1. The van der Waals surface area contributed by atoms with Gasteiger partial charge in [0.05, 0.1) is 35.1 Å². The first-order valence-electron chi connectivity index (χ1n) is 9.29. The molecule has 1 aromatic carbocycles. The van der Waals surface area contributed by atoms with Gasteiger partial charge in [-0.05, 0) is 24.6 Å². The molecule has 3 heterocycles. The SMILES string of the molecule is Cn1ncc(N2CCO[C@H](CCNc3ccc4cccc(Cl)c4n3)C2)cc1=O. The number of morpholine rings is 1. The van der Waals surface area contributed by atoms with E-state index in [2.05, 4.69) is 20.3 Å². The average molecular weight is 400 g/mol.